The van der Waals surface area contributed by atoms with Gasteiger partial charge in [0.15, 0.2) is 0 Å². The molecule has 10 heteroatoms. The topological polar surface area (TPSA) is 139 Å². The average Bonchev–Trinajstić information content (AvgIpc) is 2.86. The molecule has 0 spiro atoms. The summed E-state index contributed by atoms with van der Waals surface area (Å²) in [5.41, 5.74) is 2.32. The van der Waals surface area contributed by atoms with Gasteiger partial charge in [-0.1, -0.05) is 18.2 Å². The number of urea groups is 1. The van der Waals surface area contributed by atoms with Crippen LogP contribution in [0.5, 0.6) is 0 Å². The van der Waals surface area contributed by atoms with Crippen molar-refractivity contribution in [2.75, 3.05) is 25.0 Å². The zero-order valence-electron chi connectivity index (χ0n) is 19.1. The number of anilines is 1. The summed E-state index contributed by atoms with van der Waals surface area (Å²) >= 11 is 0. The first-order valence-electron chi connectivity index (χ1n) is 11.2. The first-order chi connectivity index (χ1) is 16.5. The molecule has 180 valence electrons. The highest BCUT2D eigenvalue weighted by atomic mass is 16.5. The largest absolute Gasteiger partial charge is 0.464 e. The minimum Gasteiger partial charge on any atom is -0.464 e. The SMILES string of the molecule is CCOC(=O)C(Cc1cccnc1)NC(=O)C1CCN(C(=O)Nc2ccc(C=NN)cc2)CC1. The Morgan fingerprint density at radius 2 is 1.97 bits per heavy atom. The molecule has 2 heterocycles. The number of hydrogen-bond donors (Lipinski definition) is 3. The van der Waals surface area contributed by atoms with Crippen molar-refractivity contribution in [3.8, 4) is 0 Å². The molecular weight excluding hydrogens is 436 g/mol. The van der Waals surface area contributed by atoms with Gasteiger partial charge in [0.1, 0.15) is 6.04 Å². The molecule has 3 rings (SSSR count). The summed E-state index contributed by atoms with van der Waals surface area (Å²) in [5.74, 6) is 4.17. The molecule has 0 radical (unpaired) electrons. The highest BCUT2D eigenvalue weighted by Crippen LogP contribution is 2.19. The average molecular weight is 467 g/mol. The fraction of sp³-hybridized carbons (Fsp3) is 0.375. The second-order valence-electron chi connectivity index (χ2n) is 7.97. The first kappa shape index (κ1) is 24.7. The second-order valence-corrected chi connectivity index (χ2v) is 7.97. The predicted octanol–water partition coefficient (Wildman–Crippen LogP) is 1.91. The highest BCUT2D eigenvalue weighted by Gasteiger charge is 2.30. The Morgan fingerprint density at radius 3 is 2.59 bits per heavy atom. The summed E-state index contributed by atoms with van der Waals surface area (Å²) in [5, 5.41) is 9.16. The van der Waals surface area contributed by atoms with Crippen molar-refractivity contribution in [1.82, 2.24) is 15.2 Å². The van der Waals surface area contributed by atoms with Gasteiger partial charge in [0.25, 0.3) is 0 Å². The number of nitrogens with one attached hydrogen (secondary N) is 2. The number of pyridine rings is 1. The van der Waals surface area contributed by atoms with Gasteiger partial charge in [-0.05, 0) is 49.1 Å². The Balaban J connectivity index is 1.51. The van der Waals surface area contributed by atoms with E-state index in [2.05, 4.69) is 20.7 Å². The zero-order valence-corrected chi connectivity index (χ0v) is 19.1. The fourth-order valence-electron chi connectivity index (χ4n) is 3.77. The normalized spacial score (nSPS) is 15.0. The van der Waals surface area contributed by atoms with E-state index in [1.807, 2.05) is 6.07 Å². The molecule has 1 atom stereocenters. The van der Waals surface area contributed by atoms with Crippen molar-refractivity contribution in [2.45, 2.75) is 32.2 Å². The van der Waals surface area contributed by atoms with Crippen molar-refractivity contribution in [3.63, 3.8) is 0 Å². The van der Waals surface area contributed by atoms with E-state index in [4.69, 9.17) is 10.6 Å². The van der Waals surface area contributed by atoms with Crippen molar-refractivity contribution < 1.29 is 19.1 Å². The van der Waals surface area contributed by atoms with Crippen LogP contribution >= 0.6 is 0 Å². The molecule has 4 N–H and O–H groups in total. The van der Waals surface area contributed by atoms with Crippen LogP contribution in [0.1, 0.15) is 30.9 Å². The summed E-state index contributed by atoms with van der Waals surface area (Å²) in [6, 6.07) is 9.76. The Bertz CT molecular complexity index is 988. The Labute approximate surface area is 198 Å². The summed E-state index contributed by atoms with van der Waals surface area (Å²) in [6.45, 7) is 2.84. The second kappa shape index (κ2) is 12.3. The van der Waals surface area contributed by atoms with Gasteiger partial charge in [-0.15, -0.1) is 0 Å². The minimum absolute atomic E-state index is 0.209. The van der Waals surface area contributed by atoms with Crippen molar-refractivity contribution in [2.24, 2.45) is 16.9 Å². The minimum atomic E-state index is -0.787. The maximum absolute atomic E-state index is 12.9. The number of rotatable bonds is 8. The van der Waals surface area contributed by atoms with E-state index in [9.17, 15) is 14.4 Å². The number of benzene rings is 1. The molecule has 1 aromatic heterocycles. The van der Waals surface area contributed by atoms with E-state index in [-0.39, 0.29) is 24.5 Å². The number of carbonyl (C=O) groups is 3. The van der Waals surface area contributed by atoms with Gasteiger partial charge in [0.05, 0.1) is 12.8 Å². The number of esters is 1. The smallest absolute Gasteiger partial charge is 0.328 e. The Kier molecular flexibility index (Phi) is 8.96. The highest BCUT2D eigenvalue weighted by molar-refractivity contribution is 5.90. The summed E-state index contributed by atoms with van der Waals surface area (Å²) in [6.07, 6.45) is 6.15. The number of carbonyl (C=O) groups excluding carboxylic acids is 3. The number of aromatic nitrogens is 1. The number of ether oxygens (including phenoxy) is 1. The zero-order chi connectivity index (χ0) is 24.3. The number of hydrogen-bond acceptors (Lipinski definition) is 7. The Morgan fingerprint density at radius 1 is 1.24 bits per heavy atom. The lowest BCUT2D eigenvalue weighted by Crippen LogP contribution is -2.49. The van der Waals surface area contributed by atoms with Crippen LogP contribution in [0.3, 0.4) is 0 Å². The lowest BCUT2D eigenvalue weighted by Gasteiger charge is -2.32. The number of hydrazone groups is 1. The quantitative estimate of drug-likeness (QED) is 0.235. The van der Waals surface area contributed by atoms with E-state index in [1.165, 1.54) is 6.21 Å². The fourth-order valence-corrected chi connectivity index (χ4v) is 3.77. The summed E-state index contributed by atoms with van der Waals surface area (Å²) < 4.78 is 5.14. The molecule has 1 aromatic carbocycles. The number of nitrogens with zero attached hydrogens (tertiary/aromatic N) is 3. The number of nitrogens with two attached hydrogens (primary N) is 1. The van der Waals surface area contributed by atoms with Gasteiger partial charge in [0, 0.05) is 43.5 Å². The maximum Gasteiger partial charge on any atom is 0.328 e. The summed E-state index contributed by atoms with van der Waals surface area (Å²) in [7, 11) is 0. The molecule has 0 aliphatic carbocycles. The molecule has 1 saturated heterocycles. The van der Waals surface area contributed by atoms with Crippen LogP contribution in [0.4, 0.5) is 10.5 Å². The third kappa shape index (κ3) is 7.03. The predicted molar refractivity (Wildman–Crippen MR) is 128 cm³/mol. The van der Waals surface area contributed by atoms with E-state index in [1.54, 1.807) is 54.5 Å². The standard InChI is InChI=1S/C24H30N6O4/c1-2-34-23(32)21(14-18-4-3-11-26-15-18)29-22(31)19-9-12-30(13-10-19)24(33)28-20-7-5-17(6-8-20)16-27-25/h3-8,11,15-16,19,21H,2,9-10,12-14,25H2,1H3,(H,28,33)(H,29,31). The third-order valence-electron chi connectivity index (χ3n) is 5.59. The molecule has 3 amide bonds. The molecule has 1 fully saturated rings. The molecule has 10 nitrogen and oxygen atoms in total. The molecule has 1 aliphatic rings. The van der Waals surface area contributed by atoms with Gasteiger partial charge >= 0.3 is 12.0 Å². The maximum atomic E-state index is 12.9. The van der Waals surface area contributed by atoms with Crippen LogP contribution in [0.25, 0.3) is 0 Å². The van der Waals surface area contributed by atoms with Crippen LogP contribution < -0.4 is 16.5 Å². The third-order valence-corrected chi connectivity index (χ3v) is 5.59. The van der Waals surface area contributed by atoms with E-state index in [0.29, 0.717) is 38.0 Å². The first-order valence-corrected chi connectivity index (χ1v) is 11.2. The molecular formula is C24H30N6O4. The van der Waals surface area contributed by atoms with Crippen LogP contribution in [0.15, 0.2) is 53.9 Å². The number of likely N-dealkylation sites (tertiary alicyclic amines) is 1. The molecule has 2 aromatic rings. The molecule has 0 bridgehead atoms. The van der Waals surface area contributed by atoms with Crippen LogP contribution in [-0.2, 0) is 20.7 Å². The lowest BCUT2D eigenvalue weighted by atomic mass is 9.95. The summed E-state index contributed by atoms with van der Waals surface area (Å²) in [4.78, 5) is 43.6. The van der Waals surface area contributed by atoms with Crippen LogP contribution in [0.2, 0.25) is 0 Å². The molecule has 0 saturated carbocycles. The van der Waals surface area contributed by atoms with Crippen molar-refractivity contribution in [1.29, 1.82) is 0 Å². The van der Waals surface area contributed by atoms with Gasteiger partial charge < -0.3 is 26.1 Å². The van der Waals surface area contributed by atoms with Gasteiger partial charge in [-0.25, -0.2) is 9.59 Å². The van der Waals surface area contributed by atoms with Gasteiger partial charge in [-0.2, -0.15) is 5.10 Å². The van der Waals surface area contributed by atoms with Crippen LogP contribution in [0, 0.1) is 5.92 Å². The van der Waals surface area contributed by atoms with Crippen molar-refractivity contribution >= 4 is 29.8 Å². The molecule has 1 aliphatic heterocycles. The monoisotopic (exact) mass is 466 g/mol. The van der Waals surface area contributed by atoms with Crippen molar-refractivity contribution in [3.05, 3.63) is 59.9 Å². The molecule has 1 unspecified atom stereocenters. The number of amides is 3. The van der Waals surface area contributed by atoms with Gasteiger partial charge in [0.2, 0.25) is 5.91 Å². The molecule has 34 heavy (non-hydrogen) atoms. The number of piperidine rings is 1. The lowest BCUT2D eigenvalue weighted by molar-refractivity contribution is -0.148. The van der Waals surface area contributed by atoms with Crippen LogP contribution in [-0.4, -0.2) is 59.7 Å². The van der Waals surface area contributed by atoms with E-state index >= 15 is 0 Å². The van der Waals surface area contributed by atoms with Gasteiger partial charge in [-0.3, -0.25) is 9.78 Å². The Hall–Kier alpha value is -3.95. The van der Waals surface area contributed by atoms with E-state index < -0.39 is 12.0 Å². The van der Waals surface area contributed by atoms with E-state index in [0.717, 1.165) is 11.1 Å².